The van der Waals surface area contributed by atoms with Gasteiger partial charge in [0.2, 0.25) is 5.91 Å². The van der Waals surface area contributed by atoms with Gasteiger partial charge in [0.05, 0.1) is 5.52 Å². The molecule has 1 amide bonds. The van der Waals surface area contributed by atoms with Gasteiger partial charge in [0.1, 0.15) is 5.82 Å². The molecule has 6 nitrogen and oxygen atoms in total. The van der Waals surface area contributed by atoms with E-state index in [1.54, 1.807) is 18.3 Å². The normalized spacial score (nSPS) is 17.0. The van der Waals surface area contributed by atoms with Crippen LogP contribution in [-0.4, -0.2) is 26.2 Å². The van der Waals surface area contributed by atoms with Crippen LogP contribution in [0.15, 0.2) is 48.7 Å². The number of rotatable bonds is 2. The molecule has 1 N–H and O–H groups in total. The Morgan fingerprint density at radius 3 is 2.83 bits per heavy atom. The number of carbonyl (C=O) groups is 2. The largest absolute Gasteiger partial charge is 0.325 e. The minimum atomic E-state index is -0.891. The van der Waals surface area contributed by atoms with Gasteiger partial charge in [-0.1, -0.05) is 18.2 Å². The molecular formula is C17H14N4O2. The number of aryl methyl sites for hydroxylation is 1. The number of hydrogen-bond acceptors (Lipinski definition) is 4. The third-order valence-corrected chi connectivity index (χ3v) is 4.02. The fraction of sp³-hybridized carbons (Fsp3) is 0.176. The zero-order valence-corrected chi connectivity index (χ0v) is 12.3. The van der Waals surface area contributed by atoms with Crippen LogP contribution in [0.25, 0.3) is 11.2 Å². The number of aromatic nitrogens is 3. The molecule has 0 aliphatic carbocycles. The summed E-state index contributed by atoms with van der Waals surface area (Å²) in [5, 5.41) is 2.79. The van der Waals surface area contributed by atoms with Crippen LogP contribution >= 0.6 is 0 Å². The Labute approximate surface area is 132 Å². The molecular weight excluding hydrogens is 292 g/mol. The number of pyridine rings is 1. The zero-order chi connectivity index (χ0) is 15.8. The topological polar surface area (TPSA) is 76.9 Å². The third-order valence-electron chi connectivity index (χ3n) is 4.02. The number of nitrogens with zero attached hydrogens (tertiary/aromatic N) is 3. The number of anilines is 1. The van der Waals surface area contributed by atoms with Crippen molar-refractivity contribution in [3.63, 3.8) is 0 Å². The number of fused-ring (bicyclic) bond motifs is 3. The summed E-state index contributed by atoms with van der Waals surface area (Å²) < 4.78 is 1.92. The summed E-state index contributed by atoms with van der Waals surface area (Å²) in [4.78, 5) is 33.6. The highest BCUT2D eigenvalue weighted by atomic mass is 16.2. The number of para-hydroxylation sites is 1. The highest BCUT2D eigenvalue weighted by Crippen LogP contribution is 2.28. The smallest absolute Gasteiger partial charge is 0.242 e. The van der Waals surface area contributed by atoms with Crippen LogP contribution in [0, 0.1) is 0 Å². The molecule has 0 saturated carbocycles. The van der Waals surface area contributed by atoms with Gasteiger partial charge < -0.3 is 9.88 Å². The van der Waals surface area contributed by atoms with E-state index in [0.717, 1.165) is 5.52 Å². The Hall–Kier alpha value is -3.02. The van der Waals surface area contributed by atoms with Crippen LogP contribution in [0.2, 0.25) is 0 Å². The summed E-state index contributed by atoms with van der Waals surface area (Å²) in [5.41, 5.74) is 2.08. The summed E-state index contributed by atoms with van der Waals surface area (Å²) in [6.45, 7) is 0.533. The summed E-state index contributed by atoms with van der Waals surface area (Å²) in [7, 11) is 0. The number of amides is 1. The Bertz CT molecular complexity index is 901. The highest BCUT2D eigenvalue weighted by Gasteiger charge is 2.36. The second-order valence-electron chi connectivity index (χ2n) is 5.47. The third kappa shape index (κ3) is 2.28. The molecule has 0 radical (unpaired) electrons. The predicted octanol–water partition coefficient (Wildman–Crippen LogP) is 2.13. The molecule has 3 aromatic rings. The Kier molecular flexibility index (Phi) is 3.15. The monoisotopic (exact) mass is 306 g/mol. The number of Topliss-reactive ketones (excluding diaryl/α,β-unsaturated/α-hetero) is 1. The maximum atomic E-state index is 12.6. The van der Waals surface area contributed by atoms with E-state index >= 15 is 0 Å². The van der Waals surface area contributed by atoms with Gasteiger partial charge in [-0.15, -0.1) is 0 Å². The van der Waals surface area contributed by atoms with Crippen molar-refractivity contribution in [3.05, 3.63) is 54.5 Å². The van der Waals surface area contributed by atoms with Gasteiger partial charge >= 0.3 is 0 Å². The minimum absolute atomic E-state index is 0.110. The van der Waals surface area contributed by atoms with E-state index in [1.807, 2.05) is 34.9 Å². The number of carbonyl (C=O) groups excluding carboxylic acids is 2. The summed E-state index contributed by atoms with van der Waals surface area (Å²) in [5.74, 6) is -0.875. The first kappa shape index (κ1) is 13.6. The van der Waals surface area contributed by atoms with Crippen molar-refractivity contribution >= 4 is 28.5 Å². The lowest BCUT2D eigenvalue weighted by atomic mass is 9.96. The van der Waals surface area contributed by atoms with Crippen LogP contribution in [-0.2, 0) is 16.1 Å². The van der Waals surface area contributed by atoms with Crippen molar-refractivity contribution in [2.24, 2.45) is 0 Å². The lowest BCUT2D eigenvalue weighted by Crippen LogP contribution is -2.34. The lowest BCUT2D eigenvalue weighted by molar-refractivity contribution is -0.128. The van der Waals surface area contributed by atoms with E-state index in [2.05, 4.69) is 15.3 Å². The minimum Gasteiger partial charge on any atom is -0.325 e. The summed E-state index contributed by atoms with van der Waals surface area (Å²) in [6, 6.07) is 12.8. The number of benzene rings is 1. The maximum Gasteiger partial charge on any atom is 0.242 e. The Morgan fingerprint density at radius 2 is 2.00 bits per heavy atom. The van der Waals surface area contributed by atoms with Crippen LogP contribution in [0.1, 0.15) is 18.2 Å². The maximum absolute atomic E-state index is 12.6. The molecule has 6 heteroatoms. The number of nitrogens with one attached hydrogen (secondary N) is 1. The molecule has 0 saturated heterocycles. The van der Waals surface area contributed by atoms with Crippen molar-refractivity contribution in [2.45, 2.75) is 18.9 Å². The van der Waals surface area contributed by atoms with Gasteiger partial charge in [0, 0.05) is 24.8 Å². The molecule has 0 spiro atoms. The number of imidazole rings is 1. The highest BCUT2D eigenvalue weighted by molar-refractivity contribution is 6.12. The van der Waals surface area contributed by atoms with E-state index in [4.69, 9.17) is 0 Å². The van der Waals surface area contributed by atoms with E-state index in [1.165, 1.54) is 0 Å². The van der Waals surface area contributed by atoms with E-state index in [0.29, 0.717) is 30.1 Å². The van der Waals surface area contributed by atoms with Gasteiger partial charge in [0.15, 0.2) is 17.3 Å². The second-order valence-corrected chi connectivity index (χ2v) is 5.47. The van der Waals surface area contributed by atoms with Gasteiger partial charge in [-0.2, -0.15) is 0 Å². The molecule has 1 unspecified atom stereocenters. The van der Waals surface area contributed by atoms with Crippen molar-refractivity contribution in [1.29, 1.82) is 0 Å². The molecule has 23 heavy (non-hydrogen) atoms. The molecule has 4 rings (SSSR count). The van der Waals surface area contributed by atoms with Crippen LogP contribution in [0.3, 0.4) is 0 Å². The van der Waals surface area contributed by atoms with Crippen LogP contribution in [0.4, 0.5) is 5.69 Å². The quantitative estimate of drug-likeness (QED) is 0.736. The van der Waals surface area contributed by atoms with Gasteiger partial charge in [-0.05, 0) is 24.3 Å². The van der Waals surface area contributed by atoms with Crippen LogP contribution < -0.4 is 5.32 Å². The summed E-state index contributed by atoms with van der Waals surface area (Å²) >= 11 is 0. The first-order valence-corrected chi connectivity index (χ1v) is 7.44. The van der Waals surface area contributed by atoms with E-state index in [9.17, 15) is 9.59 Å². The predicted molar refractivity (Wildman–Crippen MR) is 85.0 cm³/mol. The van der Waals surface area contributed by atoms with Gasteiger partial charge in [-0.25, -0.2) is 9.97 Å². The molecule has 1 aliphatic heterocycles. The fourth-order valence-corrected chi connectivity index (χ4v) is 2.94. The van der Waals surface area contributed by atoms with Crippen molar-refractivity contribution < 1.29 is 9.59 Å². The van der Waals surface area contributed by atoms with E-state index < -0.39 is 5.92 Å². The SMILES string of the molecule is O=C1CCn2c(nc3ncccc32)C1C(=O)Nc1ccccc1. The van der Waals surface area contributed by atoms with Crippen LogP contribution in [0.5, 0.6) is 0 Å². The standard InChI is InChI=1S/C17H14N4O2/c22-13-8-10-21-12-7-4-9-18-15(12)20-16(21)14(13)17(23)19-11-5-2-1-3-6-11/h1-7,9,14H,8,10H2,(H,19,23). The Balaban J connectivity index is 1.74. The van der Waals surface area contributed by atoms with Crippen molar-refractivity contribution in [1.82, 2.24) is 14.5 Å². The van der Waals surface area contributed by atoms with Gasteiger partial charge in [0.25, 0.3) is 0 Å². The average molecular weight is 306 g/mol. The van der Waals surface area contributed by atoms with E-state index in [-0.39, 0.29) is 11.7 Å². The average Bonchev–Trinajstić information content (AvgIpc) is 2.93. The molecule has 1 atom stereocenters. The zero-order valence-electron chi connectivity index (χ0n) is 12.3. The molecule has 3 heterocycles. The molecule has 0 bridgehead atoms. The molecule has 2 aromatic heterocycles. The number of hydrogen-bond donors (Lipinski definition) is 1. The molecule has 114 valence electrons. The Morgan fingerprint density at radius 1 is 1.17 bits per heavy atom. The van der Waals surface area contributed by atoms with Crippen molar-refractivity contribution in [2.75, 3.05) is 5.32 Å². The number of ketones is 1. The molecule has 1 aliphatic rings. The second kappa shape index (κ2) is 5.31. The lowest BCUT2D eigenvalue weighted by Gasteiger charge is -2.22. The summed E-state index contributed by atoms with van der Waals surface area (Å²) in [6.07, 6.45) is 1.97. The molecule has 0 fully saturated rings. The van der Waals surface area contributed by atoms with Gasteiger partial charge in [-0.3, -0.25) is 9.59 Å². The fourth-order valence-electron chi connectivity index (χ4n) is 2.94. The first-order valence-electron chi connectivity index (χ1n) is 7.44. The first-order chi connectivity index (χ1) is 11.2. The van der Waals surface area contributed by atoms with Crippen molar-refractivity contribution in [3.8, 4) is 0 Å². The molecule has 1 aromatic carbocycles.